The number of anilines is 6. The molecule has 368 valence electrons. The summed E-state index contributed by atoms with van der Waals surface area (Å²) in [5.41, 5.74) is 21.9. The maximum Gasteiger partial charge on any atom is 0.0465 e. The Bertz CT molecular complexity index is 2920. The average molecular weight is 947 g/mol. The van der Waals surface area contributed by atoms with E-state index in [1.807, 2.05) is 6.08 Å². The molecule has 5 aliphatic rings. The first-order valence-corrected chi connectivity index (χ1v) is 28.1. The lowest BCUT2D eigenvalue weighted by Gasteiger charge is -2.63. The highest BCUT2D eigenvalue weighted by Gasteiger charge is 2.59. The van der Waals surface area contributed by atoms with Crippen molar-refractivity contribution in [3.8, 4) is 11.1 Å². The van der Waals surface area contributed by atoms with Gasteiger partial charge in [-0.2, -0.15) is 0 Å². The summed E-state index contributed by atoms with van der Waals surface area (Å²) in [5.74, 6) is 1.61. The fraction of sp³-hybridized carbons (Fsp3) is 0.371. The maximum atomic E-state index is 4.08. The van der Waals surface area contributed by atoms with E-state index in [2.05, 4.69) is 209 Å². The highest BCUT2D eigenvalue weighted by molar-refractivity contribution is 5.87. The Labute approximate surface area is 433 Å². The van der Waals surface area contributed by atoms with E-state index >= 15 is 0 Å². The number of benzene rings is 7. The molecule has 0 heterocycles. The highest BCUT2D eigenvalue weighted by atomic mass is 15.2. The van der Waals surface area contributed by atoms with Crippen LogP contribution in [0.3, 0.4) is 0 Å². The van der Waals surface area contributed by atoms with Crippen LogP contribution in [0.5, 0.6) is 0 Å². The van der Waals surface area contributed by atoms with E-state index in [-0.39, 0.29) is 16.2 Å². The predicted molar refractivity (Wildman–Crippen MR) is 308 cm³/mol. The second-order valence-electron chi connectivity index (χ2n) is 23.2. The van der Waals surface area contributed by atoms with E-state index in [4.69, 9.17) is 0 Å². The second kappa shape index (κ2) is 20.1. The number of rotatable bonds is 19. The molecule has 7 aromatic carbocycles. The van der Waals surface area contributed by atoms with Gasteiger partial charge in [-0.25, -0.2) is 0 Å². The van der Waals surface area contributed by atoms with Crippen LogP contribution in [0.1, 0.15) is 161 Å². The summed E-state index contributed by atoms with van der Waals surface area (Å²) in [4.78, 5) is 4.91. The summed E-state index contributed by atoms with van der Waals surface area (Å²) in [7, 11) is 0. The zero-order valence-corrected chi connectivity index (χ0v) is 44.2. The van der Waals surface area contributed by atoms with Crippen LogP contribution in [0, 0.1) is 32.6 Å². The van der Waals surface area contributed by atoms with Crippen LogP contribution < -0.4 is 9.80 Å². The number of hydrogen-bond acceptors (Lipinski definition) is 2. The molecule has 4 saturated carbocycles. The maximum absolute atomic E-state index is 4.08. The molecule has 2 unspecified atom stereocenters. The first-order chi connectivity index (χ1) is 35.1. The Balaban J connectivity index is 1.02. The van der Waals surface area contributed by atoms with Gasteiger partial charge in [-0.3, -0.25) is 0 Å². The lowest BCUT2D eigenvalue weighted by molar-refractivity contribution is -0.0281. The van der Waals surface area contributed by atoms with Crippen molar-refractivity contribution < 1.29 is 0 Å². The molecule has 0 aliphatic heterocycles. The second-order valence-corrected chi connectivity index (χ2v) is 23.2. The third-order valence-corrected chi connectivity index (χ3v) is 18.2. The molecule has 2 heteroatoms. The van der Waals surface area contributed by atoms with Gasteiger partial charge in [0.05, 0.1) is 0 Å². The SMILES string of the molecule is C=Cc1ccc(C23CC4CC(C2)CC(c2ccc5c(c2)C(CCCCCC)(CCCCCC)c2cc(N(c6ccc(C)cc6)c6ccc(N(c7ccc(C)cc7)c7ccc(C)cc7)cc6)ccc2-5)(C4)C3)cc1. The normalized spacial score (nSPS) is 21.1. The molecule has 2 nitrogen and oxygen atoms in total. The van der Waals surface area contributed by atoms with Crippen molar-refractivity contribution in [2.24, 2.45) is 11.8 Å². The van der Waals surface area contributed by atoms with Gasteiger partial charge in [-0.15, -0.1) is 0 Å². The molecule has 72 heavy (non-hydrogen) atoms. The summed E-state index contributed by atoms with van der Waals surface area (Å²) in [6.45, 7) is 15.3. The van der Waals surface area contributed by atoms with Crippen LogP contribution in [-0.2, 0) is 16.2 Å². The summed E-state index contributed by atoms with van der Waals surface area (Å²) < 4.78 is 0. The number of unbranched alkanes of at least 4 members (excludes halogenated alkanes) is 6. The minimum atomic E-state index is -0.0376. The molecule has 0 radical (unpaired) electrons. The van der Waals surface area contributed by atoms with Crippen LogP contribution in [0.2, 0.25) is 0 Å². The molecule has 0 spiro atoms. The zero-order chi connectivity index (χ0) is 49.5. The fourth-order valence-corrected chi connectivity index (χ4v) is 15.0. The summed E-state index contributed by atoms with van der Waals surface area (Å²) >= 11 is 0. The van der Waals surface area contributed by atoms with Crippen molar-refractivity contribution in [3.63, 3.8) is 0 Å². The quantitative estimate of drug-likeness (QED) is 0.0746. The molecular weight excluding hydrogens is 869 g/mol. The smallest absolute Gasteiger partial charge is 0.0465 e. The van der Waals surface area contributed by atoms with Crippen molar-refractivity contribution in [2.75, 3.05) is 9.80 Å². The van der Waals surface area contributed by atoms with Crippen molar-refractivity contribution in [2.45, 2.75) is 154 Å². The predicted octanol–water partition coefficient (Wildman–Crippen LogP) is 20.2. The summed E-state index contributed by atoms with van der Waals surface area (Å²) in [5, 5.41) is 0. The van der Waals surface area contributed by atoms with Gasteiger partial charge < -0.3 is 9.80 Å². The number of nitrogens with zero attached hydrogens (tertiary/aromatic N) is 2. The van der Waals surface area contributed by atoms with Crippen LogP contribution in [0.15, 0.2) is 164 Å². The summed E-state index contributed by atoms with van der Waals surface area (Å²) in [6, 6.07) is 61.6. The molecule has 7 aromatic rings. The molecule has 2 atom stereocenters. The molecule has 4 bridgehead atoms. The largest absolute Gasteiger partial charge is 0.311 e. The van der Waals surface area contributed by atoms with Crippen molar-refractivity contribution in [1.29, 1.82) is 0 Å². The first-order valence-electron chi connectivity index (χ1n) is 28.1. The van der Waals surface area contributed by atoms with E-state index < -0.39 is 0 Å². The van der Waals surface area contributed by atoms with Gasteiger partial charge in [0.25, 0.3) is 0 Å². The van der Waals surface area contributed by atoms with E-state index in [1.165, 1.54) is 153 Å². The Hall–Kier alpha value is -6.12. The standard InChI is InChI=1S/C70H78N2/c1-7-10-12-14-40-70(41-15-13-11-8-2)66-43-57(69-47-54-42-55(48-69)46-68(45-54,49-69)56-24-22-53(9-3)23-25-56)26-38-64(66)65-39-37-63(44-67(65)70)72(60-31-20-52(6)21-32-60)62-35-33-61(34-36-62)71(58-27-16-50(4)17-28-58)59-29-18-51(5)19-30-59/h9,16-39,43-44,54-55H,3,7-8,10-15,40-42,45-49H2,1-2,4-6H3. The molecule has 4 fully saturated rings. The van der Waals surface area contributed by atoms with Crippen LogP contribution in [0.25, 0.3) is 17.2 Å². The van der Waals surface area contributed by atoms with Crippen LogP contribution in [0.4, 0.5) is 34.1 Å². The lowest BCUT2D eigenvalue weighted by atomic mass is 9.41. The summed E-state index contributed by atoms with van der Waals surface area (Å²) in [6.07, 6.45) is 22.8. The monoisotopic (exact) mass is 947 g/mol. The van der Waals surface area contributed by atoms with Gasteiger partial charge >= 0.3 is 0 Å². The topological polar surface area (TPSA) is 6.48 Å². The minimum absolute atomic E-state index is 0.0376. The Morgan fingerprint density at radius 1 is 0.444 bits per heavy atom. The third kappa shape index (κ3) is 8.96. The molecule has 5 aliphatic carbocycles. The minimum Gasteiger partial charge on any atom is -0.311 e. The molecule has 0 amide bonds. The fourth-order valence-electron chi connectivity index (χ4n) is 15.0. The van der Waals surface area contributed by atoms with Crippen LogP contribution in [-0.4, -0.2) is 0 Å². The third-order valence-electron chi connectivity index (χ3n) is 18.2. The van der Waals surface area contributed by atoms with E-state index in [0.29, 0.717) is 0 Å². The van der Waals surface area contributed by atoms with Gasteiger partial charge in [-0.05, 0) is 207 Å². The molecule has 12 rings (SSSR count). The lowest BCUT2D eigenvalue weighted by Crippen LogP contribution is -2.56. The van der Waals surface area contributed by atoms with E-state index in [9.17, 15) is 0 Å². The number of aryl methyl sites for hydroxylation is 3. The highest BCUT2D eigenvalue weighted by Crippen LogP contribution is 2.67. The van der Waals surface area contributed by atoms with Crippen molar-refractivity contribution in [3.05, 3.63) is 209 Å². The number of hydrogen-bond donors (Lipinski definition) is 0. The average Bonchev–Trinajstić information content (AvgIpc) is 3.66. The molecule has 0 saturated heterocycles. The van der Waals surface area contributed by atoms with Crippen LogP contribution >= 0.6 is 0 Å². The van der Waals surface area contributed by atoms with Gasteiger partial charge in [0.15, 0.2) is 0 Å². The molecule has 0 N–H and O–H groups in total. The number of fused-ring (bicyclic) bond motifs is 3. The zero-order valence-electron chi connectivity index (χ0n) is 44.2. The first kappa shape index (κ1) is 48.2. The van der Waals surface area contributed by atoms with Crippen molar-refractivity contribution >= 4 is 40.2 Å². The van der Waals surface area contributed by atoms with Gasteiger partial charge in [0.1, 0.15) is 0 Å². The molecule has 0 aromatic heterocycles. The van der Waals surface area contributed by atoms with Gasteiger partial charge in [0, 0.05) is 39.5 Å². The van der Waals surface area contributed by atoms with Crippen molar-refractivity contribution in [1.82, 2.24) is 0 Å². The van der Waals surface area contributed by atoms with Gasteiger partial charge in [-0.1, -0.05) is 179 Å². The van der Waals surface area contributed by atoms with E-state index in [0.717, 1.165) is 28.9 Å². The molecular formula is C70H78N2. The Morgan fingerprint density at radius 3 is 1.29 bits per heavy atom. The Morgan fingerprint density at radius 2 is 0.833 bits per heavy atom. The Kier molecular flexibility index (Phi) is 13.4. The van der Waals surface area contributed by atoms with Gasteiger partial charge in [0.2, 0.25) is 0 Å². The van der Waals surface area contributed by atoms with E-state index in [1.54, 1.807) is 22.3 Å².